The van der Waals surface area contributed by atoms with Crippen LogP contribution >= 0.6 is 0 Å². The summed E-state index contributed by atoms with van der Waals surface area (Å²) in [6, 6.07) is 17.2. The number of nitrogens with zero attached hydrogens (tertiary/aromatic N) is 4. The van der Waals surface area contributed by atoms with Crippen LogP contribution in [0.25, 0.3) is 11.3 Å². The Kier molecular flexibility index (Phi) is 7.80. The quantitative estimate of drug-likeness (QED) is 0.480. The van der Waals surface area contributed by atoms with E-state index in [4.69, 9.17) is 14.2 Å². The molecule has 178 valence electrons. The van der Waals surface area contributed by atoms with Gasteiger partial charge < -0.3 is 24.0 Å². The second kappa shape index (κ2) is 11.4. The molecule has 0 spiro atoms. The SMILES string of the molecule is CCOc1ccc(OCC(=O)N2CCN(c3cc(-c4ccc(OCC)cc4)ncn3)CC2)cc1. The molecule has 4 rings (SSSR count). The first-order chi connectivity index (χ1) is 16.7. The monoisotopic (exact) mass is 462 g/mol. The van der Waals surface area contributed by atoms with Crippen LogP contribution in [0, 0.1) is 0 Å². The Morgan fingerprint density at radius 3 is 1.94 bits per heavy atom. The number of piperazine rings is 1. The van der Waals surface area contributed by atoms with Crippen LogP contribution in [0.15, 0.2) is 60.9 Å². The average Bonchev–Trinajstić information content (AvgIpc) is 2.89. The Morgan fingerprint density at radius 1 is 0.794 bits per heavy atom. The molecule has 1 aromatic heterocycles. The van der Waals surface area contributed by atoms with Crippen LogP contribution in [0.2, 0.25) is 0 Å². The third kappa shape index (κ3) is 5.95. The van der Waals surface area contributed by atoms with Crippen LogP contribution in [0.4, 0.5) is 5.82 Å². The van der Waals surface area contributed by atoms with E-state index in [1.54, 1.807) is 6.33 Å². The molecule has 1 fully saturated rings. The summed E-state index contributed by atoms with van der Waals surface area (Å²) in [5.41, 5.74) is 1.86. The van der Waals surface area contributed by atoms with Crippen molar-refractivity contribution in [3.63, 3.8) is 0 Å². The minimum absolute atomic E-state index is 0.0172. The van der Waals surface area contributed by atoms with Gasteiger partial charge >= 0.3 is 0 Å². The van der Waals surface area contributed by atoms with Crippen molar-refractivity contribution in [3.8, 4) is 28.5 Å². The molecule has 0 atom stereocenters. The molecule has 0 aliphatic carbocycles. The van der Waals surface area contributed by atoms with E-state index in [0.717, 1.165) is 28.6 Å². The summed E-state index contributed by atoms with van der Waals surface area (Å²) in [6.45, 7) is 7.82. The van der Waals surface area contributed by atoms with E-state index in [1.807, 2.05) is 73.3 Å². The third-order valence-electron chi connectivity index (χ3n) is 5.57. The van der Waals surface area contributed by atoms with Gasteiger partial charge in [-0.25, -0.2) is 9.97 Å². The lowest BCUT2D eigenvalue weighted by Gasteiger charge is -2.35. The summed E-state index contributed by atoms with van der Waals surface area (Å²) in [5, 5.41) is 0. The van der Waals surface area contributed by atoms with Gasteiger partial charge in [0.05, 0.1) is 18.9 Å². The Balaban J connectivity index is 1.29. The highest BCUT2D eigenvalue weighted by molar-refractivity contribution is 5.78. The van der Waals surface area contributed by atoms with E-state index in [9.17, 15) is 4.79 Å². The smallest absolute Gasteiger partial charge is 0.260 e. The molecule has 0 bridgehead atoms. The highest BCUT2D eigenvalue weighted by Gasteiger charge is 2.22. The highest BCUT2D eigenvalue weighted by atomic mass is 16.5. The molecule has 34 heavy (non-hydrogen) atoms. The standard InChI is InChI=1S/C26H30N4O4/c1-3-32-21-7-5-20(6-8-21)24-17-25(28-19-27-24)29-13-15-30(16-14-29)26(31)18-34-23-11-9-22(10-12-23)33-4-2/h5-12,17,19H,3-4,13-16,18H2,1-2H3. The molecule has 0 unspecified atom stereocenters. The number of hydrogen-bond acceptors (Lipinski definition) is 7. The number of amides is 1. The van der Waals surface area contributed by atoms with Crippen molar-refractivity contribution in [2.75, 3.05) is 50.9 Å². The van der Waals surface area contributed by atoms with Gasteiger partial charge in [-0.3, -0.25) is 4.79 Å². The lowest BCUT2D eigenvalue weighted by molar-refractivity contribution is -0.133. The van der Waals surface area contributed by atoms with Crippen LogP contribution < -0.4 is 19.1 Å². The van der Waals surface area contributed by atoms with Crippen LogP contribution in [-0.4, -0.2) is 66.8 Å². The molecule has 0 radical (unpaired) electrons. The number of carbonyl (C=O) groups excluding carboxylic acids is 1. The summed E-state index contributed by atoms with van der Waals surface area (Å²) >= 11 is 0. The van der Waals surface area contributed by atoms with Crippen molar-refractivity contribution in [1.29, 1.82) is 0 Å². The zero-order valence-corrected chi connectivity index (χ0v) is 19.6. The molecule has 1 amide bonds. The van der Waals surface area contributed by atoms with Crippen molar-refractivity contribution in [1.82, 2.24) is 14.9 Å². The van der Waals surface area contributed by atoms with Crippen LogP contribution in [0.3, 0.4) is 0 Å². The Morgan fingerprint density at radius 2 is 1.35 bits per heavy atom. The van der Waals surface area contributed by atoms with Gasteiger partial charge in [-0.15, -0.1) is 0 Å². The van der Waals surface area contributed by atoms with E-state index in [1.165, 1.54) is 0 Å². The fourth-order valence-corrected chi connectivity index (χ4v) is 3.79. The molecule has 1 saturated heterocycles. The number of anilines is 1. The number of benzene rings is 2. The second-order valence-corrected chi connectivity index (χ2v) is 7.78. The summed E-state index contributed by atoms with van der Waals surface area (Å²) in [5.74, 6) is 3.11. The summed E-state index contributed by atoms with van der Waals surface area (Å²) in [7, 11) is 0. The van der Waals surface area contributed by atoms with Crippen molar-refractivity contribution in [2.45, 2.75) is 13.8 Å². The van der Waals surface area contributed by atoms with Gasteiger partial charge in [0.15, 0.2) is 6.61 Å². The molecular formula is C26H30N4O4. The zero-order chi connectivity index (χ0) is 23.8. The topological polar surface area (TPSA) is 77.0 Å². The Labute approximate surface area is 200 Å². The first kappa shape index (κ1) is 23.4. The zero-order valence-electron chi connectivity index (χ0n) is 19.6. The van der Waals surface area contributed by atoms with Gasteiger partial charge in [0.25, 0.3) is 5.91 Å². The van der Waals surface area contributed by atoms with Crippen molar-refractivity contribution >= 4 is 11.7 Å². The predicted molar refractivity (Wildman–Crippen MR) is 131 cm³/mol. The normalized spacial score (nSPS) is 13.5. The minimum atomic E-state index is -0.0219. The Hall–Kier alpha value is -3.81. The fraction of sp³-hybridized carbons (Fsp3) is 0.346. The van der Waals surface area contributed by atoms with Gasteiger partial charge in [-0.05, 0) is 62.4 Å². The molecule has 3 aromatic rings. The predicted octanol–water partition coefficient (Wildman–Crippen LogP) is 3.67. The van der Waals surface area contributed by atoms with Crippen LogP contribution in [-0.2, 0) is 4.79 Å². The molecule has 0 saturated carbocycles. The maximum Gasteiger partial charge on any atom is 0.260 e. The van der Waals surface area contributed by atoms with E-state index in [2.05, 4.69) is 14.9 Å². The summed E-state index contributed by atoms with van der Waals surface area (Å²) in [6.07, 6.45) is 1.59. The summed E-state index contributed by atoms with van der Waals surface area (Å²) in [4.78, 5) is 25.5. The molecular weight excluding hydrogens is 432 g/mol. The minimum Gasteiger partial charge on any atom is -0.494 e. The van der Waals surface area contributed by atoms with Gasteiger partial charge in [0, 0.05) is 37.8 Å². The highest BCUT2D eigenvalue weighted by Crippen LogP contribution is 2.24. The van der Waals surface area contributed by atoms with E-state index < -0.39 is 0 Å². The molecule has 2 heterocycles. The molecule has 1 aliphatic heterocycles. The first-order valence-corrected chi connectivity index (χ1v) is 11.6. The van der Waals surface area contributed by atoms with Crippen molar-refractivity contribution in [3.05, 3.63) is 60.9 Å². The average molecular weight is 463 g/mol. The first-order valence-electron chi connectivity index (χ1n) is 11.6. The lowest BCUT2D eigenvalue weighted by Crippen LogP contribution is -2.50. The van der Waals surface area contributed by atoms with E-state index >= 15 is 0 Å². The largest absolute Gasteiger partial charge is 0.494 e. The van der Waals surface area contributed by atoms with Crippen molar-refractivity contribution < 1.29 is 19.0 Å². The van der Waals surface area contributed by atoms with Crippen molar-refractivity contribution in [2.24, 2.45) is 0 Å². The lowest BCUT2D eigenvalue weighted by atomic mass is 10.1. The maximum atomic E-state index is 12.6. The molecule has 1 aliphatic rings. The number of rotatable bonds is 9. The maximum absolute atomic E-state index is 12.6. The van der Waals surface area contributed by atoms with E-state index in [0.29, 0.717) is 45.1 Å². The van der Waals surface area contributed by atoms with Crippen LogP contribution in [0.1, 0.15) is 13.8 Å². The third-order valence-corrected chi connectivity index (χ3v) is 5.57. The number of hydrogen-bond donors (Lipinski definition) is 0. The van der Waals surface area contributed by atoms with Gasteiger partial charge in [-0.1, -0.05) is 0 Å². The number of aromatic nitrogens is 2. The fourth-order valence-electron chi connectivity index (χ4n) is 3.79. The second-order valence-electron chi connectivity index (χ2n) is 7.78. The number of carbonyl (C=O) groups is 1. The number of ether oxygens (including phenoxy) is 3. The molecule has 8 heteroatoms. The Bertz CT molecular complexity index is 1060. The van der Waals surface area contributed by atoms with Crippen LogP contribution in [0.5, 0.6) is 17.2 Å². The summed E-state index contributed by atoms with van der Waals surface area (Å²) < 4.78 is 16.6. The van der Waals surface area contributed by atoms with Gasteiger partial charge in [-0.2, -0.15) is 0 Å². The molecule has 0 N–H and O–H groups in total. The van der Waals surface area contributed by atoms with E-state index in [-0.39, 0.29) is 12.5 Å². The molecule has 2 aromatic carbocycles. The molecule has 8 nitrogen and oxygen atoms in total. The van der Waals surface area contributed by atoms with Gasteiger partial charge in [0.2, 0.25) is 0 Å². The van der Waals surface area contributed by atoms with Gasteiger partial charge in [0.1, 0.15) is 29.4 Å².